The van der Waals surface area contributed by atoms with Crippen LogP contribution in [-0.4, -0.2) is 45.9 Å². The second kappa shape index (κ2) is 9.96. The summed E-state index contributed by atoms with van der Waals surface area (Å²) in [5.41, 5.74) is 2.46. The van der Waals surface area contributed by atoms with Crippen LogP contribution in [0.25, 0.3) is 11.0 Å². The van der Waals surface area contributed by atoms with E-state index >= 15 is 0 Å². The highest BCUT2D eigenvalue weighted by Gasteiger charge is 2.19. The molecule has 7 heteroatoms. The van der Waals surface area contributed by atoms with Crippen molar-refractivity contribution in [3.63, 3.8) is 0 Å². The van der Waals surface area contributed by atoms with E-state index in [4.69, 9.17) is 16.6 Å². The summed E-state index contributed by atoms with van der Waals surface area (Å²) in [6.45, 7) is 2.53. The minimum atomic E-state index is -0.120. The van der Waals surface area contributed by atoms with Crippen molar-refractivity contribution < 1.29 is 9.59 Å². The SMILES string of the molecule is O=C(NCCCc1nc2ccccc2n1CC(=O)N1CCCCC1)c1ccc(Cl)cc1. The van der Waals surface area contributed by atoms with Crippen LogP contribution in [0.1, 0.15) is 41.9 Å². The number of amides is 2. The normalized spacial score (nSPS) is 14.0. The van der Waals surface area contributed by atoms with E-state index in [9.17, 15) is 9.59 Å². The minimum Gasteiger partial charge on any atom is -0.352 e. The molecule has 162 valence electrons. The Bertz CT molecular complexity index is 1060. The van der Waals surface area contributed by atoms with Gasteiger partial charge in [-0.15, -0.1) is 0 Å². The molecule has 0 radical (unpaired) electrons. The number of piperidine rings is 1. The third kappa shape index (κ3) is 5.25. The highest BCUT2D eigenvalue weighted by atomic mass is 35.5. The van der Waals surface area contributed by atoms with Crippen LogP contribution in [0.5, 0.6) is 0 Å². The third-order valence-corrected chi connectivity index (χ3v) is 5.96. The van der Waals surface area contributed by atoms with E-state index in [1.54, 1.807) is 24.3 Å². The molecule has 6 nitrogen and oxygen atoms in total. The number of fused-ring (bicyclic) bond motifs is 1. The van der Waals surface area contributed by atoms with Crippen molar-refractivity contribution >= 4 is 34.4 Å². The Labute approximate surface area is 187 Å². The zero-order valence-corrected chi connectivity index (χ0v) is 18.3. The van der Waals surface area contributed by atoms with E-state index in [1.807, 2.05) is 33.7 Å². The summed E-state index contributed by atoms with van der Waals surface area (Å²) < 4.78 is 2.04. The van der Waals surface area contributed by atoms with Gasteiger partial charge < -0.3 is 14.8 Å². The summed E-state index contributed by atoms with van der Waals surface area (Å²) in [5, 5.41) is 3.55. The first-order valence-corrected chi connectivity index (χ1v) is 11.3. The maximum absolute atomic E-state index is 12.9. The fraction of sp³-hybridized carbons (Fsp3) is 0.375. The molecule has 3 aromatic rings. The molecule has 1 aliphatic rings. The Kier molecular flexibility index (Phi) is 6.87. The first-order valence-electron chi connectivity index (χ1n) is 10.9. The lowest BCUT2D eigenvalue weighted by atomic mass is 10.1. The highest BCUT2D eigenvalue weighted by molar-refractivity contribution is 6.30. The molecule has 0 atom stereocenters. The number of halogens is 1. The molecule has 2 heterocycles. The lowest BCUT2D eigenvalue weighted by Gasteiger charge is -2.27. The molecule has 0 spiro atoms. The standard InChI is InChI=1S/C24H27ClN4O2/c25-19-12-10-18(11-13-19)24(31)26-14-6-9-22-27-20-7-2-3-8-21(20)29(22)17-23(30)28-15-4-1-5-16-28/h2-3,7-8,10-13H,1,4-6,9,14-17H2,(H,26,31). The van der Waals surface area contributed by atoms with Gasteiger partial charge in [0.25, 0.3) is 5.91 Å². The molecular weight excluding hydrogens is 412 g/mol. The lowest BCUT2D eigenvalue weighted by Crippen LogP contribution is -2.38. The topological polar surface area (TPSA) is 67.2 Å². The summed E-state index contributed by atoms with van der Waals surface area (Å²) in [6.07, 6.45) is 4.78. The number of benzene rings is 2. The number of carbonyl (C=O) groups excluding carboxylic acids is 2. The fourth-order valence-corrected chi connectivity index (χ4v) is 4.15. The molecule has 1 aliphatic heterocycles. The van der Waals surface area contributed by atoms with E-state index in [-0.39, 0.29) is 11.8 Å². The van der Waals surface area contributed by atoms with Gasteiger partial charge in [-0.05, 0) is 62.1 Å². The van der Waals surface area contributed by atoms with Crippen LogP contribution in [0.4, 0.5) is 0 Å². The van der Waals surface area contributed by atoms with Gasteiger partial charge in [0.05, 0.1) is 11.0 Å². The number of imidazole rings is 1. The number of nitrogens with one attached hydrogen (secondary N) is 1. The molecule has 1 saturated heterocycles. The predicted octanol–water partition coefficient (Wildman–Crippen LogP) is 4.06. The molecule has 1 N–H and O–H groups in total. The summed E-state index contributed by atoms with van der Waals surface area (Å²) in [5.74, 6) is 0.915. The molecule has 31 heavy (non-hydrogen) atoms. The number of likely N-dealkylation sites (tertiary alicyclic amines) is 1. The van der Waals surface area contributed by atoms with Crippen molar-refractivity contribution in [3.8, 4) is 0 Å². The van der Waals surface area contributed by atoms with Gasteiger partial charge in [0, 0.05) is 36.6 Å². The Morgan fingerprint density at radius 3 is 2.52 bits per heavy atom. The van der Waals surface area contributed by atoms with Crippen LogP contribution in [0.15, 0.2) is 48.5 Å². The number of carbonyl (C=O) groups is 2. The molecule has 1 aromatic heterocycles. The Balaban J connectivity index is 1.39. The highest BCUT2D eigenvalue weighted by Crippen LogP contribution is 2.18. The summed E-state index contributed by atoms with van der Waals surface area (Å²) in [7, 11) is 0. The minimum absolute atomic E-state index is 0.120. The van der Waals surface area contributed by atoms with Crippen LogP contribution in [0, 0.1) is 0 Å². The Morgan fingerprint density at radius 2 is 1.74 bits per heavy atom. The van der Waals surface area contributed by atoms with E-state index < -0.39 is 0 Å². The fourth-order valence-electron chi connectivity index (χ4n) is 4.02. The van der Waals surface area contributed by atoms with Crippen molar-refractivity contribution in [2.75, 3.05) is 19.6 Å². The molecule has 4 rings (SSSR count). The summed E-state index contributed by atoms with van der Waals surface area (Å²) >= 11 is 5.88. The average molecular weight is 439 g/mol. The molecule has 0 unspecified atom stereocenters. The van der Waals surface area contributed by atoms with Gasteiger partial charge in [-0.25, -0.2) is 4.98 Å². The van der Waals surface area contributed by atoms with Gasteiger partial charge in [-0.1, -0.05) is 23.7 Å². The van der Waals surface area contributed by atoms with Gasteiger partial charge >= 0.3 is 0 Å². The third-order valence-electron chi connectivity index (χ3n) is 5.70. The zero-order valence-electron chi connectivity index (χ0n) is 17.5. The number of aromatic nitrogens is 2. The van der Waals surface area contributed by atoms with Gasteiger partial charge in [0.1, 0.15) is 12.4 Å². The largest absolute Gasteiger partial charge is 0.352 e. The smallest absolute Gasteiger partial charge is 0.251 e. The van der Waals surface area contributed by atoms with E-state index in [0.29, 0.717) is 30.1 Å². The van der Waals surface area contributed by atoms with E-state index in [0.717, 1.165) is 49.2 Å². The van der Waals surface area contributed by atoms with Crippen molar-refractivity contribution in [1.82, 2.24) is 19.8 Å². The number of nitrogens with zero attached hydrogens (tertiary/aromatic N) is 3. The Morgan fingerprint density at radius 1 is 1.00 bits per heavy atom. The van der Waals surface area contributed by atoms with Crippen molar-refractivity contribution in [2.45, 2.75) is 38.6 Å². The Hall–Kier alpha value is -2.86. The lowest BCUT2D eigenvalue weighted by molar-refractivity contribution is -0.132. The van der Waals surface area contributed by atoms with Crippen molar-refractivity contribution in [1.29, 1.82) is 0 Å². The van der Waals surface area contributed by atoms with E-state index in [1.165, 1.54) is 6.42 Å². The first kappa shape index (κ1) is 21.4. The monoisotopic (exact) mass is 438 g/mol. The quantitative estimate of drug-likeness (QED) is 0.565. The van der Waals surface area contributed by atoms with Gasteiger partial charge in [-0.3, -0.25) is 9.59 Å². The number of rotatable bonds is 7. The predicted molar refractivity (Wildman–Crippen MR) is 122 cm³/mol. The molecule has 2 amide bonds. The number of aryl methyl sites for hydroxylation is 1. The molecule has 0 saturated carbocycles. The van der Waals surface area contributed by atoms with Gasteiger partial charge in [0.15, 0.2) is 0 Å². The van der Waals surface area contributed by atoms with Gasteiger partial charge in [0.2, 0.25) is 5.91 Å². The van der Waals surface area contributed by atoms with Crippen LogP contribution in [0.2, 0.25) is 5.02 Å². The maximum atomic E-state index is 12.9. The van der Waals surface area contributed by atoms with Gasteiger partial charge in [-0.2, -0.15) is 0 Å². The van der Waals surface area contributed by atoms with E-state index in [2.05, 4.69) is 5.32 Å². The molecular formula is C24H27ClN4O2. The maximum Gasteiger partial charge on any atom is 0.251 e. The van der Waals surface area contributed by atoms with Crippen LogP contribution < -0.4 is 5.32 Å². The zero-order chi connectivity index (χ0) is 21.6. The number of hydrogen-bond donors (Lipinski definition) is 1. The van der Waals surface area contributed by atoms with Crippen LogP contribution >= 0.6 is 11.6 Å². The second-order valence-corrected chi connectivity index (χ2v) is 8.35. The molecule has 1 fully saturated rings. The molecule has 0 bridgehead atoms. The van der Waals surface area contributed by atoms with Crippen LogP contribution in [0.3, 0.4) is 0 Å². The average Bonchev–Trinajstić information content (AvgIpc) is 3.15. The van der Waals surface area contributed by atoms with Crippen molar-refractivity contribution in [2.24, 2.45) is 0 Å². The van der Waals surface area contributed by atoms with Crippen LogP contribution in [-0.2, 0) is 17.8 Å². The second-order valence-electron chi connectivity index (χ2n) is 7.91. The first-order chi connectivity index (χ1) is 15.1. The number of hydrogen-bond acceptors (Lipinski definition) is 3. The number of para-hydroxylation sites is 2. The van der Waals surface area contributed by atoms with Crippen molar-refractivity contribution in [3.05, 3.63) is 64.9 Å². The summed E-state index contributed by atoms with van der Waals surface area (Å²) in [4.78, 5) is 31.9. The molecule has 0 aliphatic carbocycles. The summed E-state index contributed by atoms with van der Waals surface area (Å²) in [6, 6.07) is 14.8. The molecule has 2 aromatic carbocycles.